The number of hydrogen-bond donors (Lipinski definition) is 1. The summed E-state index contributed by atoms with van der Waals surface area (Å²) >= 11 is 0. The van der Waals surface area contributed by atoms with Gasteiger partial charge in [0.1, 0.15) is 5.82 Å². The number of hydrogen-bond acceptors (Lipinski definition) is 3. The second kappa shape index (κ2) is 7.14. The van der Waals surface area contributed by atoms with Gasteiger partial charge in [-0.15, -0.1) is 0 Å². The van der Waals surface area contributed by atoms with Crippen molar-refractivity contribution >= 4 is 11.6 Å². The Balaban J connectivity index is 1.82. The second-order valence-corrected chi connectivity index (χ2v) is 5.73. The number of nitrogens with zero attached hydrogens (tertiary/aromatic N) is 2. The highest BCUT2D eigenvalue weighted by molar-refractivity contribution is 6.04. The summed E-state index contributed by atoms with van der Waals surface area (Å²) in [6.07, 6.45) is -3.14. The summed E-state index contributed by atoms with van der Waals surface area (Å²) in [5, 5.41) is 2.54. The zero-order valence-electron chi connectivity index (χ0n) is 14.0. The van der Waals surface area contributed by atoms with E-state index in [1.54, 1.807) is 6.92 Å². The Morgan fingerprint density at radius 2 is 1.78 bits per heavy atom. The summed E-state index contributed by atoms with van der Waals surface area (Å²) in [5.41, 5.74) is 0.423. The fraction of sp³-hybridized carbons (Fsp3) is 0.105. The van der Waals surface area contributed by atoms with Crippen molar-refractivity contribution in [1.29, 1.82) is 0 Å². The Bertz CT molecular complexity index is 985. The van der Waals surface area contributed by atoms with Crippen LogP contribution in [0.4, 0.5) is 23.2 Å². The van der Waals surface area contributed by atoms with Crippen molar-refractivity contribution in [2.75, 3.05) is 5.32 Å². The first-order valence-corrected chi connectivity index (χ1v) is 7.82. The molecule has 8 heteroatoms. The summed E-state index contributed by atoms with van der Waals surface area (Å²) in [7, 11) is 0. The first-order valence-electron chi connectivity index (χ1n) is 7.82. The standard InChI is InChI=1S/C19H13F4N3O/c1-11-16(18(27)26-15-4-2-3-14(20)9-15)10-24-17(25-11)12-5-7-13(8-6-12)19(21,22)23/h2-10H,1H3,(H,26,27). The molecule has 27 heavy (non-hydrogen) atoms. The lowest BCUT2D eigenvalue weighted by molar-refractivity contribution is -0.137. The van der Waals surface area contributed by atoms with Gasteiger partial charge in [-0.3, -0.25) is 4.79 Å². The first-order chi connectivity index (χ1) is 12.7. The minimum Gasteiger partial charge on any atom is -0.322 e. The van der Waals surface area contributed by atoms with E-state index in [1.807, 2.05) is 0 Å². The first kappa shape index (κ1) is 18.5. The summed E-state index contributed by atoms with van der Waals surface area (Å²) in [5.74, 6) is -0.806. The van der Waals surface area contributed by atoms with Gasteiger partial charge in [0.15, 0.2) is 5.82 Å². The molecule has 0 radical (unpaired) electrons. The number of aryl methyl sites for hydroxylation is 1. The number of benzene rings is 2. The van der Waals surface area contributed by atoms with Gasteiger partial charge in [-0.25, -0.2) is 14.4 Å². The summed E-state index contributed by atoms with van der Waals surface area (Å²) < 4.78 is 51.1. The molecule has 1 N–H and O–H groups in total. The lowest BCUT2D eigenvalue weighted by atomic mass is 10.1. The van der Waals surface area contributed by atoms with Gasteiger partial charge < -0.3 is 5.32 Å². The van der Waals surface area contributed by atoms with Crippen molar-refractivity contribution in [3.8, 4) is 11.4 Å². The second-order valence-electron chi connectivity index (χ2n) is 5.73. The number of carbonyl (C=O) groups excluding carboxylic acids is 1. The van der Waals surface area contributed by atoms with E-state index in [2.05, 4.69) is 15.3 Å². The van der Waals surface area contributed by atoms with Gasteiger partial charge in [0.2, 0.25) is 0 Å². The molecule has 0 saturated heterocycles. The van der Waals surface area contributed by atoms with Crippen LogP contribution in [0, 0.1) is 12.7 Å². The number of rotatable bonds is 3. The maximum atomic E-state index is 13.2. The van der Waals surface area contributed by atoms with E-state index in [4.69, 9.17) is 0 Å². The number of anilines is 1. The van der Waals surface area contributed by atoms with Crippen LogP contribution in [-0.2, 0) is 6.18 Å². The number of aromatic nitrogens is 2. The predicted molar refractivity (Wildman–Crippen MR) is 91.6 cm³/mol. The van der Waals surface area contributed by atoms with E-state index in [-0.39, 0.29) is 17.1 Å². The van der Waals surface area contributed by atoms with Crippen LogP contribution in [0.5, 0.6) is 0 Å². The number of halogens is 4. The minimum atomic E-state index is -4.42. The molecule has 0 bridgehead atoms. The average molecular weight is 375 g/mol. The van der Waals surface area contributed by atoms with Gasteiger partial charge in [-0.05, 0) is 37.3 Å². The Kier molecular flexibility index (Phi) is 4.89. The molecule has 4 nitrogen and oxygen atoms in total. The molecular weight excluding hydrogens is 362 g/mol. The van der Waals surface area contributed by atoms with Gasteiger partial charge in [0.25, 0.3) is 5.91 Å². The van der Waals surface area contributed by atoms with Crippen LogP contribution in [0.25, 0.3) is 11.4 Å². The van der Waals surface area contributed by atoms with Crippen LogP contribution >= 0.6 is 0 Å². The lowest BCUT2D eigenvalue weighted by Crippen LogP contribution is -2.15. The zero-order chi connectivity index (χ0) is 19.6. The van der Waals surface area contributed by atoms with Crippen LogP contribution in [0.2, 0.25) is 0 Å². The van der Waals surface area contributed by atoms with E-state index in [0.717, 1.165) is 12.1 Å². The Labute approximate surface area is 151 Å². The maximum absolute atomic E-state index is 13.2. The van der Waals surface area contributed by atoms with Crippen LogP contribution in [0.1, 0.15) is 21.6 Å². The molecule has 0 aliphatic rings. The molecule has 0 aliphatic carbocycles. The Morgan fingerprint density at radius 3 is 2.37 bits per heavy atom. The Morgan fingerprint density at radius 1 is 1.07 bits per heavy atom. The molecule has 1 aromatic heterocycles. The van der Waals surface area contributed by atoms with Crippen molar-refractivity contribution in [2.24, 2.45) is 0 Å². The Hall–Kier alpha value is -3.29. The highest BCUT2D eigenvalue weighted by Crippen LogP contribution is 2.30. The van der Waals surface area contributed by atoms with Crippen molar-refractivity contribution in [3.63, 3.8) is 0 Å². The van der Waals surface area contributed by atoms with Gasteiger partial charge in [0, 0.05) is 17.4 Å². The summed E-state index contributed by atoms with van der Waals surface area (Å²) in [4.78, 5) is 20.6. The average Bonchev–Trinajstić information content (AvgIpc) is 2.61. The molecule has 0 atom stereocenters. The lowest BCUT2D eigenvalue weighted by Gasteiger charge is -2.10. The predicted octanol–water partition coefficient (Wildman–Crippen LogP) is 4.86. The molecule has 0 spiro atoms. The maximum Gasteiger partial charge on any atom is 0.416 e. The highest BCUT2D eigenvalue weighted by atomic mass is 19.4. The third kappa shape index (κ3) is 4.28. The SMILES string of the molecule is Cc1nc(-c2ccc(C(F)(F)F)cc2)ncc1C(=O)Nc1cccc(F)c1. The molecular formula is C19H13F4N3O. The van der Waals surface area contributed by atoms with Crippen LogP contribution in [0.3, 0.4) is 0 Å². The van der Waals surface area contributed by atoms with Gasteiger partial charge >= 0.3 is 6.18 Å². The number of alkyl halides is 3. The van der Waals surface area contributed by atoms with Crippen molar-refractivity contribution in [2.45, 2.75) is 13.1 Å². The largest absolute Gasteiger partial charge is 0.416 e. The normalized spacial score (nSPS) is 11.3. The zero-order valence-corrected chi connectivity index (χ0v) is 14.0. The van der Waals surface area contributed by atoms with Gasteiger partial charge in [0.05, 0.1) is 16.8 Å². The van der Waals surface area contributed by atoms with Crippen molar-refractivity contribution < 1.29 is 22.4 Å². The van der Waals surface area contributed by atoms with Crippen LogP contribution in [0.15, 0.2) is 54.7 Å². The summed E-state index contributed by atoms with van der Waals surface area (Å²) in [6, 6.07) is 9.84. The third-order valence-electron chi connectivity index (χ3n) is 3.78. The molecule has 3 rings (SSSR count). The fourth-order valence-electron chi connectivity index (χ4n) is 2.40. The highest BCUT2D eigenvalue weighted by Gasteiger charge is 2.30. The smallest absolute Gasteiger partial charge is 0.322 e. The van der Waals surface area contributed by atoms with Gasteiger partial charge in [-0.2, -0.15) is 13.2 Å². The van der Waals surface area contributed by atoms with Crippen LogP contribution < -0.4 is 5.32 Å². The quantitative estimate of drug-likeness (QED) is 0.665. The molecule has 0 aliphatic heterocycles. The fourth-order valence-corrected chi connectivity index (χ4v) is 2.40. The van der Waals surface area contributed by atoms with Crippen LogP contribution in [-0.4, -0.2) is 15.9 Å². The summed E-state index contributed by atoms with van der Waals surface area (Å²) in [6.45, 7) is 1.58. The van der Waals surface area contributed by atoms with Crippen molar-refractivity contribution in [3.05, 3.63) is 77.4 Å². The molecule has 0 saturated carbocycles. The minimum absolute atomic E-state index is 0.176. The van der Waals surface area contributed by atoms with E-state index in [0.29, 0.717) is 11.3 Å². The van der Waals surface area contributed by atoms with E-state index in [1.165, 1.54) is 42.6 Å². The van der Waals surface area contributed by atoms with Gasteiger partial charge in [-0.1, -0.05) is 18.2 Å². The van der Waals surface area contributed by atoms with E-state index in [9.17, 15) is 22.4 Å². The molecule has 2 aromatic carbocycles. The number of nitrogens with one attached hydrogen (secondary N) is 1. The van der Waals surface area contributed by atoms with E-state index < -0.39 is 23.5 Å². The number of carbonyl (C=O) groups is 1. The topological polar surface area (TPSA) is 54.9 Å². The molecule has 0 unspecified atom stereocenters. The third-order valence-corrected chi connectivity index (χ3v) is 3.78. The molecule has 1 heterocycles. The van der Waals surface area contributed by atoms with Crippen molar-refractivity contribution in [1.82, 2.24) is 9.97 Å². The number of amides is 1. The molecule has 1 amide bonds. The molecule has 138 valence electrons. The monoisotopic (exact) mass is 375 g/mol. The van der Waals surface area contributed by atoms with E-state index >= 15 is 0 Å². The molecule has 0 fully saturated rings. The molecule has 3 aromatic rings.